The molecular formula is C12H15FN2O5. The molecule has 20 heavy (non-hydrogen) atoms. The van der Waals surface area contributed by atoms with Gasteiger partial charge in [-0.2, -0.15) is 0 Å². The minimum Gasteiger partial charge on any atom is -0.507 e. The summed E-state index contributed by atoms with van der Waals surface area (Å²) in [6.07, 6.45) is -2.30. The molecule has 1 unspecified atom stereocenters. The minimum atomic E-state index is -2.30. The van der Waals surface area contributed by atoms with Gasteiger partial charge >= 0.3 is 5.97 Å². The highest BCUT2D eigenvalue weighted by Crippen LogP contribution is 2.36. The Morgan fingerprint density at radius 1 is 1.60 bits per heavy atom. The van der Waals surface area contributed by atoms with E-state index in [1.165, 1.54) is 19.9 Å². The second-order valence-electron chi connectivity index (χ2n) is 4.10. The van der Waals surface area contributed by atoms with Crippen molar-refractivity contribution in [2.24, 2.45) is 5.73 Å². The van der Waals surface area contributed by atoms with E-state index in [-0.39, 0.29) is 12.2 Å². The predicted molar refractivity (Wildman–Crippen MR) is 68.0 cm³/mol. The van der Waals surface area contributed by atoms with Crippen LogP contribution in [-0.4, -0.2) is 28.8 Å². The molecule has 0 heterocycles. The molecule has 7 nitrogen and oxygen atoms in total. The maximum absolute atomic E-state index is 13.9. The molecule has 0 saturated heterocycles. The molecular weight excluding hydrogens is 271 g/mol. The summed E-state index contributed by atoms with van der Waals surface area (Å²) in [5.41, 5.74) is 4.86. The SMILES string of the molecule is CCOC(=O)C(F)[C@H](N)c1c([N+](=O)[O-])ccc(C)c1O. The lowest BCUT2D eigenvalue weighted by molar-refractivity contribution is -0.385. The largest absolute Gasteiger partial charge is 0.507 e. The number of esters is 1. The molecule has 8 heteroatoms. The normalized spacial score (nSPS) is 13.6. The van der Waals surface area contributed by atoms with E-state index in [1.54, 1.807) is 0 Å². The fourth-order valence-corrected chi connectivity index (χ4v) is 1.71. The second kappa shape index (κ2) is 6.29. The van der Waals surface area contributed by atoms with Crippen LogP contribution < -0.4 is 5.73 Å². The van der Waals surface area contributed by atoms with Crippen molar-refractivity contribution in [1.82, 2.24) is 0 Å². The van der Waals surface area contributed by atoms with Gasteiger partial charge < -0.3 is 15.6 Å². The molecule has 0 saturated carbocycles. The Morgan fingerprint density at radius 2 is 2.20 bits per heavy atom. The highest BCUT2D eigenvalue weighted by atomic mass is 19.1. The number of nitrogens with zero attached hydrogens (tertiary/aromatic N) is 1. The molecule has 0 fully saturated rings. The van der Waals surface area contributed by atoms with Crippen LogP contribution >= 0.6 is 0 Å². The van der Waals surface area contributed by atoms with Crippen molar-refractivity contribution in [1.29, 1.82) is 0 Å². The van der Waals surface area contributed by atoms with Gasteiger partial charge in [0.2, 0.25) is 6.17 Å². The van der Waals surface area contributed by atoms with E-state index in [0.29, 0.717) is 0 Å². The summed E-state index contributed by atoms with van der Waals surface area (Å²) >= 11 is 0. The van der Waals surface area contributed by atoms with Gasteiger partial charge in [-0.15, -0.1) is 0 Å². The monoisotopic (exact) mass is 286 g/mol. The number of aromatic hydroxyl groups is 1. The number of carbonyl (C=O) groups excluding carboxylic acids is 1. The number of phenolic OH excluding ortho intramolecular Hbond substituents is 1. The van der Waals surface area contributed by atoms with Crippen LogP contribution in [0.1, 0.15) is 24.1 Å². The molecule has 0 radical (unpaired) electrons. The quantitative estimate of drug-likeness (QED) is 0.481. The Hall–Kier alpha value is -2.22. The van der Waals surface area contributed by atoms with Crippen LogP contribution in [0.25, 0.3) is 0 Å². The number of ether oxygens (including phenoxy) is 1. The molecule has 2 atom stereocenters. The van der Waals surface area contributed by atoms with Gasteiger partial charge in [-0.1, -0.05) is 0 Å². The third kappa shape index (κ3) is 3.02. The fourth-order valence-electron chi connectivity index (χ4n) is 1.71. The van der Waals surface area contributed by atoms with Crippen molar-refractivity contribution >= 4 is 11.7 Å². The van der Waals surface area contributed by atoms with E-state index in [9.17, 15) is 24.4 Å². The number of benzene rings is 1. The number of hydrogen-bond acceptors (Lipinski definition) is 6. The highest BCUT2D eigenvalue weighted by molar-refractivity contribution is 5.76. The summed E-state index contributed by atoms with van der Waals surface area (Å²) in [4.78, 5) is 21.4. The molecule has 0 spiro atoms. The summed E-state index contributed by atoms with van der Waals surface area (Å²) in [6.45, 7) is 2.92. The summed E-state index contributed by atoms with van der Waals surface area (Å²) in [6, 6.07) is 0.720. The topological polar surface area (TPSA) is 116 Å². The van der Waals surface area contributed by atoms with Crippen LogP contribution in [0, 0.1) is 17.0 Å². The van der Waals surface area contributed by atoms with Crippen LogP contribution in [0.2, 0.25) is 0 Å². The van der Waals surface area contributed by atoms with E-state index in [0.717, 1.165) is 6.07 Å². The lowest BCUT2D eigenvalue weighted by Gasteiger charge is -2.17. The number of rotatable bonds is 5. The zero-order valence-corrected chi connectivity index (χ0v) is 11.0. The molecule has 0 aliphatic carbocycles. The summed E-state index contributed by atoms with van der Waals surface area (Å²) in [5, 5.41) is 20.8. The van der Waals surface area contributed by atoms with Crippen molar-refractivity contribution in [2.45, 2.75) is 26.1 Å². The maximum atomic E-state index is 13.9. The zero-order valence-electron chi connectivity index (χ0n) is 11.0. The lowest BCUT2D eigenvalue weighted by Crippen LogP contribution is -2.32. The van der Waals surface area contributed by atoms with Crippen molar-refractivity contribution in [3.8, 4) is 5.75 Å². The number of halogens is 1. The van der Waals surface area contributed by atoms with Gasteiger partial charge in [0, 0.05) is 6.07 Å². The Morgan fingerprint density at radius 3 is 2.70 bits per heavy atom. The third-order valence-electron chi connectivity index (χ3n) is 2.75. The predicted octanol–water partition coefficient (Wildman–Crippen LogP) is 1.51. The molecule has 0 aliphatic heterocycles. The van der Waals surface area contributed by atoms with Crippen molar-refractivity contribution < 1.29 is 24.0 Å². The average molecular weight is 286 g/mol. The van der Waals surface area contributed by atoms with Crippen LogP contribution in [0.15, 0.2) is 12.1 Å². The second-order valence-corrected chi connectivity index (χ2v) is 4.10. The number of alkyl halides is 1. The van der Waals surface area contributed by atoms with E-state index in [4.69, 9.17) is 5.73 Å². The van der Waals surface area contributed by atoms with E-state index in [1.807, 2.05) is 0 Å². The number of carbonyl (C=O) groups is 1. The number of phenols is 1. The molecule has 3 N–H and O–H groups in total. The van der Waals surface area contributed by atoms with E-state index < -0.39 is 40.1 Å². The van der Waals surface area contributed by atoms with Crippen LogP contribution in [-0.2, 0) is 9.53 Å². The Labute approximate surface area is 114 Å². The van der Waals surface area contributed by atoms with Gasteiger partial charge in [0.15, 0.2) is 0 Å². The molecule has 0 aliphatic rings. The lowest BCUT2D eigenvalue weighted by atomic mass is 9.97. The standard InChI is InChI=1S/C12H15FN2O5/c1-3-20-12(17)9(13)10(14)8-7(15(18)19)5-4-6(2)11(8)16/h4-5,9-10,16H,3,14H2,1-2H3/t9?,10-/m1/s1. The molecule has 1 aromatic rings. The van der Waals surface area contributed by atoms with Gasteiger partial charge in [0.1, 0.15) is 5.75 Å². The van der Waals surface area contributed by atoms with Gasteiger partial charge in [-0.3, -0.25) is 10.1 Å². The first-order chi connectivity index (χ1) is 9.31. The zero-order chi connectivity index (χ0) is 15.4. The van der Waals surface area contributed by atoms with Gasteiger partial charge in [-0.25, -0.2) is 9.18 Å². The average Bonchev–Trinajstić information content (AvgIpc) is 2.39. The highest BCUT2D eigenvalue weighted by Gasteiger charge is 2.35. The van der Waals surface area contributed by atoms with Gasteiger partial charge in [0.25, 0.3) is 5.69 Å². The van der Waals surface area contributed by atoms with Crippen LogP contribution in [0.4, 0.5) is 10.1 Å². The van der Waals surface area contributed by atoms with E-state index >= 15 is 0 Å². The molecule has 0 bridgehead atoms. The summed E-state index contributed by atoms with van der Waals surface area (Å²) in [7, 11) is 0. The van der Waals surface area contributed by atoms with Crippen molar-refractivity contribution in [2.75, 3.05) is 6.61 Å². The fraction of sp³-hybridized carbons (Fsp3) is 0.417. The first kappa shape index (κ1) is 15.8. The number of hydrogen-bond donors (Lipinski definition) is 2. The summed E-state index contributed by atoms with van der Waals surface area (Å²) in [5.74, 6) is -1.73. The molecule has 110 valence electrons. The maximum Gasteiger partial charge on any atom is 0.342 e. The number of nitro benzene ring substituents is 1. The number of nitro groups is 1. The molecule has 0 aromatic heterocycles. The van der Waals surface area contributed by atoms with Gasteiger partial charge in [-0.05, 0) is 25.5 Å². The first-order valence-electron chi connectivity index (χ1n) is 5.84. The number of nitrogens with two attached hydrogens (primary N) is 1. The minimum absolute atomic E-state index is 0.0478. The van der Waals surface area contributed by atoms with Crippen molar-refractivity contribution in [3.63, 3.8) is 0 Å². The van der Waals surface area contributed by atoms with Crippen LogP contribution in [0.3, 0.4) is 0 Å². The van der Waals surface area contributed by atoms with Crippen LogP contribution in [0.5, 0.6) is 5.75 Å². The third-order valence-corrected chi connectivity index (χ3v) is 2.75. The van der Waals surface area contributed by atoms with Crippen molar-refractivity contribution in [3.05, 3.63) is 33.4 Å². The molecule has 1 aromatic carbocycles. The number of aryl methyl sites for hydroxylation is 1. The molecule has 0 amide bonds. The first-order valence-corrected chi connectivity index (χ1v) is 5.84. The molecule has 1 rings (SSSR count). The Balaban J connectivity index is 3.26. The van der Waals surface area contributed by atoms with Gasteiger partial charge in [0.05, 0.1) is 23.1 Å². The van der Waals surface area contributed by atoms with E-state index in [2.05, 4.69) is 4.74 Å². The smallest absolute Gasteiger partial charge is 0.342 e. The Bertz CT molecular complexity index is 535. The summed E-state index contributed by atoms with van der Waals surface area (Å²) < 4.78 is 18.4. The Kier molecular flexibility index (Phi) is 4.98.